The number of nitrogens with one attached hydrogen (secondary N) is 2. The second kappa shape index (κ2) is 8.72. The third-order valence-corrected chi connectivity index (χ3v) is 3.59. The molecule has 0 fully saturated rings. The quantitative estimate of drug-likeness (QED) is 0.362. The maximum Gasteiger partial charge on any atom is 0.271 e. The maximum atomic E-state index is 11.9. The van der Waals surface area contributed by atoms with Gasteiger partial charge in [0.2, 0.25) is 5.91 Å². The molecule has 2 aromatic rings. The zero-order valence-corrected chi connectivity index (χ0v) is 15.0. The summed E-state index contributed by atoms with van der Waals surface area (Å²) in [5.74, 6) is -0.0603. The van der Waals surface area contributed by atoms with E-state index in [2.05, 4.69) is 10.6 Å². The van der Waals surface area contributed by atoms with Crippen LogP contribution in [-0.2, 0) is 4.79 Å². The standard InChI is InChI=1S/C18H17N3O4S/c1-12-3-5-13(6-4-12)7-10-17(22)20-18(26)19-15-11-14(21(23)24)8-9-16(15)25-2/h3-11H,1-2H3,(H2,19,20,22,26)/b10-7+. The Labute approximate surface area is 155 Å². The lowest BCUT2D eigenvalue weighted by Crippen LogP contribution is -2.32. The summed E-state index contributed by atoms with van der Waals surface area (Å²) in [5, 5.41) is 16.1. The molecule has 0 saturated carbocycles. The van der Waals surface area contributed by atoms with Crippen LogP contribution >= 0.6 is 12.2 Å². The molecule has 2 rings (SSSR count). The van der Waals surface area contributed by atoms with Crippen LogP contribution in [0.5, 0.6) is 5.75 Å². The third kappa shape index (κ3) is 5.38. The van der Waals surface area contributed by atoms with Gasteiger partial charge in [-0.3, -0.25) is 20.2 Å². The van der Waals surface area contributed by atoms with E-state index >= 15 is 0 Å². The fourth-order valence-electron chi connectivity index (χ4n) is 2.06. The van der Waals surface area contributed by atoms with Crippen molar-refractivity contribution in [2.24, 2.45) is 0 Å². The van der Waals surface area contributed by atoms with Crippen LogP contribution in [-0.4, -0.2) is 23.1 Å². The van der Waals surface area contributed by atoms with Gasteiger partial charge >= 0.3 is 0 Å². The Morgan fingerprint density at radius 2 is 1.92 bits per heavy atom. The zero-order valence-electron chi connectivity index (χ0n) is 14.2. The van der Waals surface area contributed by atoms with Crippen LogP contribution in [0, 0.1) is 17.0 Å². The van der Waals surface area contributed by atoms with Gasteiger partial charge in [-0.25, -0.2) is 0 Å². The topological polar surface area (TPSA) is 93.5 Å². The van der Waals surface area contributed by atoms with Crippen LogP contribution in [0.2, 0.25) is 0 Å². The van der Waals surface area contributed by atoms with Crippen LogP contribution in [0.4, 0.5) is 11.4 Å². The molecule has 0 atom stereocenters. The minimum absolute atomic E-state index is 0.00218. The van der Waals surface area contributed by atoms with Crippen molar-refractivity contribution in [3.05, 3.63) is 69.8 Å². The summed E-state index contributed by atoms with van der Waals surface area (Å²) in [6.45, 7) is 1.98. The molecule has 26 heavy (non-hydrogen) atoms. The van der Waals surface area contributed by atoms with E-state index in [9.17, 15) is 14.9 Å². The lowest BCUT2D eigenvalue weighted by molar-refractivity contribution is -0.384. The minimum atomic E-state index is -0.531. The zero-order chi connectivity index (χ0) is 19.1. The molecular weight excluding hydrogens is 354 g/mol. The summed E-state index contributed by atoms with van der Waals surface area (Å²) in [5.41, 5.74) is 2.17. The van der Waals surface area contributed by atoms with Gasteiger partial charge in [0.1, 0.15) is 5.75 Å². The van der Waals surface area contributed by atoms with Crippen LogP contribution in [0.3, 0.4) is 0 Å². The molecule has 0 aliphatic carbocycles. The highest BCUT2D eigenvalue weighted by atomic mass is 32.1. The fourth-order valence-corrected chi connectivity index (χ4v) is 2.27. The fraction of sp³-hybridized carbons (Fsp3) is 0.111. The van der Waals surface area contributed by atoms with E-state index in [0.29, 0.717) is 5.75 Å². The van der Waals surface area contributed by atoms with Gasteiger partial charge < -0.3 is 10.1 Å². The Morgan fingerprint density at radius 3 is 2.54 bits per heavy atom. The second-order valence-corrected chi connectivity index (χ2v) is 5.74. The van der Waals surface area contributed by atoms with E-state index in [0.717, 1.165) is 11.1 Å². The number of methoxy groups -OCH3 is 1. The number of nitrogens with zero attached hydrogens (tertiary/aromatic N) is 1. The molecule has 0 spiro atoms. The Bertz CT molecular complexity index is 863. The number of hydrogen-bond donors (Lipinski definition) is 2. The summed E-state index contributed by atoms with van der Waals surface area (Å²) in [7, 11) is 1.43. The molecule has 134 valence electrons. The third-order valence-electron chi connectivity index (χ3n) is 3.38. The summed E-state index contributed by atoms with van der Waals surface area (Å²) in [6.07, 6.45) is 3.01. The number of anilines is 1. The number of carbonyl (C=O) groups is 1. The number of thiocarbonyl (C=S) groups is 1. The first kappa shape index (κ1) is 19.1. The van der Waals surface area contributed by atoms with Gasteiger partial charge in [-0.2, -0.15) is 0 Å². The Kier molecular flexibility index (Phi) is 6.40. The molecule has 0 aromatic heterocycles. The largest absolute Gasteiger partial charge is 0.495 e. The number of carbonyl (C=O) groups excluding carboxylic acids is 1. The average molecular weight is 371 g/mol. The normalized spacial score (nSPS) is 10.4. The molecule has 0 bridgehead atoms. The molecule has 0 aliphatic rings. The van der Waals surface area contributed by atoms with Crippen LogP contribution < -0.4 is 15.4 Å². The molecule has 0 radical (unpaired) electrons. The van der Waals surface area contributed by atoms with Gasteiger partial charge in [-0.15, -0.1) is 0 Å². The Balaban J connectivity index is 2.01. The van der Waals surface area contributed by atoms with E-state index in [1.807, 2.05) is 31.2 Å². The lowest BCUT2D eigenvalue weighted by atomic mass is 10.1. The molecule has 0 unspecified atom stereocenters. The van der Waals surface area contributed by atoms with Crippen molar-refractivity contribution in [3.63, 3.8) is 0 Å². The first-order valence-electron chi connectivity index (χ1n) is 7.58. The number of hydrogen-bond acceptors (Lipinski definition) is 5. The minimum Gasteiger partial charge on any atom is -0.495 e. The van der Waals surface area contributed by atoms with Gasteiger partial charge in [0.05, 0.1) is 17.7 Å². The highest BCUT2D eigenvalue weighted by molar-refractivity contribution is 7.80. The summed E-state index contributed by atoms with van der Waals surface area (Å²) in [4.78, 5) is 22.3. The van der Waals surface area contributed by atoms with E-state index in [-0.39, 0.29) is 16.5 Å². The van der Waals surface area contributed by atoms with Crippen LogP contribution in [0.15, 0.2) is 48.5 Å². The van der Waals surface area contributed by atoms with Crippen molar-refractivity contribution in [2.75, 3.05) is 12.4 Å². The number of rotatable bonds is 5. The number of non-ortho nitro benzene ring substituents is 1. The van der Waals surface area contributed by atoms with Gasteiger partial charge in [0.15, 0.2) is 5.11 Å². The van der Waals surface area contributed by atoms with Gasteiger partial charge in [-0.1, -0.05) is 29.8 Å². The average Bonchev–Trinajstić information content (AvgIpc) is 2.61. The molecule has 7 nitrogen and oxygen atoms in total. The van der Waals surface area contributed by atoms with E-state index in [1.54, 1.807) is 6.08 Å². The highest BCUT2D eigenvalue weighted by Gasteiger charge is 2.13. The lowest BCUT2D eigenvalue weighted by Gasteiger charge is -2.11. The molecule has 2 aromatic carbocycles. The van der Waals surface area contributed by atoms with Crippen molar-refractivity contribution >= 4 is 40.7 Å². The summed E-state index contributed by atoms with van der Waals surface area (Å²) < 4.78 is 5.13. The molecule has 0 saturated heterocycles. The molecule has 1 amide bonds. The predicted octanol–water partition coefficient (Wildman–Crippen LogP) is 3.44. The SMILES string of the molecule is COc1ccc([N+](=O)[O-])cc1NC(=S)NC(=O)/C=C/c1ccc(C)cc1. The van der Waals surface area contributed by atoms with Gasteiger partial charge in [0, 0.05) is 18.2 Å². The van der Waals surface area contributed by atoms with Gasteiger partial charge in [0.25, 0.3) is 5.69 Å². The second-order valence-electron chi connectivity index (χ2n) is 5.33. The van der Waals surface area contributed by atoms with Crippen LogP contribution in [0.25, 0.3) is 6.08 Å². The number of ether oxygens (including phenoxy) is 1. The molecule has 8 heteroatoms. The Morgan fingerprint density at radius 1 is 1.23 bits per heavy atom. The number of amides is 1. The molecular formula is C18H17N3O4S. The van der Waals surface area contributed by atoms with Gasteiger partial charge in [-0.05, 0) is 36.8 Å². The number of aryl methyl sites for hydroxylation is 1. The smallest absolute Gasteiger partial charge is 0.271 e. The molecule has 0 heterocycles. The van der Waals surface area contributed by atoms with Crippen molar-refractivity contribution in [3.8, 4) is 5.75 Å². The van der Waals surface area contributed by atoms with E-state index in [1.165, 1.54) is 31.4 Å². The monoisotopic (exact) mass is 371 g/mol. The highest BCUT2D eigenvalue weighted by Crippen LogP contribution is 2.28. The Hall–Kier alpha value is -3.26. The predicted molar refractivity (Wildman–Crippen MR) is 104 cm³/mol. The van der Waals surface area contributed by atoms with Crippen molar-refractivity contribution in [2.45, 2.75) is 6.92 Å². The number of nitro benzene ring substituents is 1. The molecule has 2 N–H and O–H groups in total. The van der Waals surface area contributed by atoms with Crippen LogP contribution in [0.1, 0.15) is 11.1 Å². The van der Waals surface area contributed by atoms with Crippen molar-refractivity contribution in [1.29, 1.82) is 0 Å². The van der Waals surface area contributed by atoms with Crippen molar-refractivity contribution < 1.29 is 14.5 Å². The number of nitro groups is 1. The first-order valence-corrected chi connectivity index (χ1v) is 7.99. The van der Waals surface area contributed by atoms with E-state index in [4.69, 9.17) is 17.0 Å². The molecule has 0 aliphatic heterocycles. The van der Waals surface area contributed by atoms with E-state index < -0.39 is 10.8 Å². The summed E-state index contributed by atoms with van der Waals surface area (Å²) >= 11 is 5.07. The summed E-state index contributed by atoms with van der Waals surface area (Å²) in [6, 6.07) is 11.7. The van der Waals surface area contributed by atoms with Crippen molar-refractivity contribution in [1.82, 2.24) is 5.32 Å². The maximum absolute atomic E-state index is 11.9. The number of benzene rings is 2. The first-order chi connectivity index (χ1) is 12.4.